The topological polar surface area (TPSA) is 50.6 Å². The summed E-state index contributed by atoms with van der Waals surface area (Å²) in [6, 6.07) is 0.177. The van der Waals surface area contributed by atoms with Crippen LogP contribution in [0.2, 0.25) is 0 Å². The van der Waals surface area contributed by atoms with E-state index in [2.05, 4.69) is 16.8 Å². The molecule has 0 bridgehead atoms. The van der Waals surface area contributed by atoms with Crippen LogP contribution in [0.3, 0.4) is 0 Å². The van der Waals surface area contributed by atoms with Gasteiger partial charge >= 0.3 is 0 Å². The Morgan fingerprint density at radius 1 is 1.26 bits per heavy atom. The van der Waals surface area contributed by atoms with Crippen LogP contribution in [0, 0.1) is 5.92 Å². The maximum absolute atomic E-state index is 12.5. The Labute approximate surface area is 138 Å². The van der Waals surface area contributed by atoms with E-state index in [0.717, 1.165) is 64.7 Å². The minimum Gasteiger partial charge on any atom is -0.379 e. The lowest BCUT2D eigenvalue weighted by molar-refractivity contribution is -0.133. The van der Waals surface area contributed by atoms with E-state index < -0.39 is 0 Å². The zero-order chi connectivity index (χ0) is 16.1. The maximum Gasteiger partial charge on any atom is 0.224 e. The number of morpholine rings is 1. The van der Waals surface area contributed by atoms with Crippen LogP contribution in [0.15, 0.2) is 18.7 Å². The number of rotatable bonds is 5. The number of hydrogen-bond donors (Lipinski definition) is 0. The number of carbonyl (C=O) groups excluding carboxylic acids is 1. The van der Waals surface area contributed by atoms with E-state index in [4.69, 9.17) is 4.74 Å². The summed E-state index contributed by atoms with van der Waals surface area (Å²) in [4.78, 5) is 21.1. The molecule has 3 rings (SSSR count). The molecule has 6 heteroatoms. The molecule has 0 aromatic carbocycles. The first-order chi connectivity index (χ1) is 11.2. The van der Waals surface area contributed by atoms with Crippen LogP contribution < -0.4 is 0 Å². The monoisotopic (exact) mass is 320 g/mol. The first-order valence-corrected chi connectivity index (χ1v) is 8.77. The van der Waals surface area contributed by atoms with Gasteiger partial charge in [0.25, 0.3) is 0 Å². The predicted molar refractivity (Wildman–Crippen MR) is 88.1 cm³/mol. The molecule has 2 saturated heterocycles. The lowest BCUT2D eigenvalue weighted by atomic mass is 9.95. The molecule has 2 aliphatic rings. The molecule has 2 fully saturated rings. The average molecular weight is 320 g/mol. The number of nitrogens with zero attached hydrogens (tertiary/aromatic N) is 4. The normalized spacial score (nSPS) is 22.2. The van der Waals surface area contributed by atoms with Crippen LogP contribution in [0.5, 0.6) is 0 Å². The van der Waals surface area contributed by atoms with Gasteiger partial charge < -0.3 is 14.2 Å². The van der Waals surface area contributed by atoms with Crippen molar-refractivity contribution >= 4 is 5.91 Å². The number of imidazole rings is 1. The molecule has 0 saturated carbocycles. The summed E-state index contributed by atoms with van der Waals surface area (Å²) in [7, 11) is 0. The second kappa shape index (κ2) is 7.93. The molecule has 2 aliphatic heterocycles. The van der Waals surface area contributed by atoms with Gasteiger partial charge in [-0.2, -0.15) is 0 Å². The van der Waals surface area contributed by atoms with Crippen molar-refractivity contribution in [1.29, 1.82) is 0 Å². The predicted octanol–water partition coefficient (Wildman–Crippen LogP) is 1.41. The van der Waals surface area contributed by atoms with Gasteiger partial charge in [-0.1, -0.05) is 0 Å². The second-order valence-electron chi connectivity index (χ2n) is 6.80. The molecule has 23 heavy (non-hydrogen) atoms. The first kappa shape index (κ1) is 16.5. The van der Waals surface area contributed by atoms with Gasteiger partial charge in [-0.15, -0.1) is 0 Å². The molecule has 0 unspecified atom stereocenters. The van der Waals surface area contributed by atoms with Crippen molar-refractivity contribution in [3.8, 4) is 0 Å². The number of piperidine rings is 1. The van der Waals surface area contributed by atoms with Crippen LogP contribution in [0.4, 0.5) is 0 Å². The highest BCUT2D eigenvalue weighted by molar-refractivity contribution is 5.76. The van der Waals surface area contributed by atoms with Crippen molar-refractivity contribution in [3.05, 3.63) is 18.7 Å². The zero-order valence-corrected chi connectivity index (χ0v) is 14.1. The van der Waals surface area contributed by atoms with Gasteiger partial charge in [-0.3, -0.25) is 9.69 Å². The van der Waals surface area contributed by atoms with Gasteiger partial charge in [0.1, 0.15) is 0 Å². The van der Waals surface area contributed by atoms with E-state index in [1.54, 1.807) is 12.5 Å². The van der Waals surface area contributed by atoms with Crippen molar-refractivity contribution in [2.45, 2.75) is 32.2 Å². The fourth-order valence-electron chi connectivity index (χ4n) is 3.53. The van der Waals surface area contributed by atoms with Crippen molar-refractivity contribution in [1.82, 2.24) is 19.4 Å². The molecule has 0 spiro atoms. The highest BCUT2D eigenvalue weighted by Gasteiger charge is 2.25. The van der Waals surface area contributed by atoms with Gasteiger partial charge in [-0.25, -0.2) is 4.98 Å². The average Bonchev–Trinajstić information content (AvgIpc) is 3.11. The molecule has 1 amide bonds. The number of hydrogen-bond acceptors (Lipinski definition) is 4. The third-order valence-corrected chi connectivity index (χ3v) is 5.09. The smallest absolute Gasteiger partial charge is 0.224 e. The molecule has 3 heterocycles. The van der Waals surface area contributed by atoms with Gasteiger partial charge in [0.05, 0.1) is 19.5 Å². The van der Waals surface area contributed by atoms with Crippen molar-refractivity contribution in [2.75, 3.05) is 45.9 Å². The molecule has 1 aromatic heterocycles. The fourth-order valence-corrected chi connectivity index (χ4v) is 3.53. The summed E-state index contributed by atoms with van der Waals surface area (Å²) in [6.45, 7) is 8.90. The summed E-state index contributed by atoms with van der Waals surface area (Å²) in [5.41, 5.74) is 0. The third-order valence-electron chi connectivity index (χ3n) is 5.09. The van der Waals surface area contributed by atoms with Crippen molar-refractivity contribution in [2.24, 2.45) is 5.92 Å². The minimum absolute atomic E-state index is 0.177. The quantitative estimate of drug-likeness (QED) is 0.823. The molecule has 1 aromatic rings. The molecular formula is C17H28N4O2. The van der Waals surface area contributed by atoms with Crippen LogP contribution in [0.1, 0.15) is 32.2 Å². The van der Waals surface area contributed by atoms with Crippen LogP contribution in [0.25, 0.3) is 0 Å². The fraction of sp³-hybridized carbons (Fsp3) is 0.765. The van der Waals surface area contributed by atoms with Gasteiger partial charge in [0.2, 0.25) is 5.91 Å². The lowest BCUT2D eigenvalue weighted by Gasteiger charge is -2.36. The summed E-state index contributed by atoms with van der Waals surface area (Å²) in [5, 5.41) is 0. The Morgan fingerprint density at radius 3 is 2.65 bits per heavy atom. The van der Waals surface area contributed by atoms with Gasteiger partial charge in [-0.05, 0) is 25.7 Å². The number of amides is 1. The largest absolute Gasteiger partial charge is 0.379 e. The van der Waals surface area contributed by atoms with Crippen molar-refractivity contribution < 1.29 is 9.53 Å². The van der Waals surface area contributed by atoms with E-state index in [9.17, 15) is 4.79 Å². The summed E-state index contributed by atoms with van der Waals surface area (Å²) in [6.07, 6.45) is 8.28. The van der Waals surface area contributed by atoms with E-state index in [1.165, 1.54) is 0 Å². The summed E-state index contributed by atoms with van der Waals surface area (Å²) in [5.74, 6) is 0.999. The molecule has 0 N–H and O–H groups in total. The highest BCUT2D eigenvalue weighted by atomic mass is 16.5. The minimum atomic E-state index is 0.177. The Kier molecular flexibility index (Phi) is 5.67. The number of carbonyl (C=O) groups is 1. The Balaban J connectivity index is 1.40. The molecule has 0 aliphatic carbocycles. The Hall–Kier alpha value is -1.40. The zero-order valence-electron chi connectivity index (χ0n) is 14.1. The summed E-state index contributed by atoms with van der Waals surface area (Å²) >= 11 is 0. The third kappa shape index (κ3) is 4.54. The van der Waals surface area contributed by atoms with Crippen LogP contribution >= 0.6 is 0 Å². The Morgan fingerprint density at radius 2 is 2.00 bits per heavy atom. The SMILES string of the molecule is C[C@@H](CC(=O)N1CCC(CN2CCOCC2)CC1)n1ccnc1. The standard InChI is InChI=1S/C17H28N4O2/c1-15(21-7-4-18-14-21)12-17(22)20-5-2-16(3-6-20)13-19-8-10-23-11-9-19/h4,7,14-16H,2-3,5-6,8-13H2,1H3/t15-/m0/s1. The lowest BCUT2D eigenvalue weighted by Crippen LogP contribution is -2.44. The molecule has 6 nitrogen and oxygen atoms in total. The van der Waals surface area contributed by atoms with Gasteiger partial charge in [0.15, 0.2) is 0 Å². The van der Waals surface area contributed by atoms with Gasteiger partial charge in [0, 0.05) is 57.6 Å². The molecule has 0 radical (unpaired) electrons. The first-order valence-electron chi connectivity index (χ1n) is 8.77. The molecule has 128 valence electrons. The number of ether oxygens (including phenoxy) is 1. The Bertz CT molecular complexity index is 477. The summed E-state index contributed by atoms with van der Waals surface area (Å²) < 4.78 is 7.41. The maximum atomic E-state index is 12.5. The molecule has 1 atom stereocenters. The van der Waals surface area contributed by atoms with E-state index >= 15 is 0 Å². The second-order valence-corrected chi connectivity index (χ2v) is 6.80. The van der Waals surface area contributed by atoms with E-state index in [0.29, 0.717) is 6.42 Å². The van der Waals surface area contributed by atoms with Crippen molar-refractivity contribution in [3.63, 3.8) is 0 Å². The van der Waals surface area contributed by atoms with Crippen LogP contribution in [-0.4, -0.2) is 71.2 Å². The highest BCUT2D eigenvalue weighted by Crippen LogP contribution is 2.21. The van der Waals surface area contributed by atoms with E-state index in [1.807, 2.05) is 15.7 Å². The van der Waals surface area contributed by atoms with E-state index in [-0.39, 0.29) is 11.9 Å². The number of aromatic nitrogens is 2. The number of likely N-dealkylation sites (tertiary alicyclic amines) is 1. The van der Waals surface area contributed by atoms with Crippen LogP contribution in [-0.2, 0) is 9.53 Å². The molecular weight excluding hydrogens is 292 g/mol.